The predicted molar refractivity (Wildman–Crippen MR) is 66.1 cm³/mol. The largest absolute Gasteiger partial charge is 0.418 e. The van der Waals surface area contributed by atoms with E-state index in [9.17, 15) is 26.4 Å². The highest BCUT2D eigenvalue weighted by Gasteiger charge is 2.50. The summed E-state index contributed by atoms with van der Waals surface area (Å²) in [4.78, 5) is 24.0. The standard InChI is InChI=1S/C8H13N3O8S2/c1-20(14,15)10(5-12)7-3-2-6-4-9(7)8(13)11(6)19-21(16,17)18/h5-7H,2-4H2,1H3,(H,16,17,18)/t6-,7+/m1/s1. The molecule has 0 saturated carbocycles. The normalized spacial score (nSPS) is 26.1. The van der Waals surface area contributed by atoms with Crippen LogP contribution in [-0.2, 0) is 29.5 Å². The Kier molecular flexibility index (Phi) is 3.86. The zero-order chi connectivity index (χ0) is 16.0. The number of hydrogen-bond donors (Lipinski definition) is 1. The Balaban J connectivity index is 2.27. The first kappa shape index (κ1) is 15.9. The average molecular weight is 343 g/mol. The van der Waals surface area contributed by atoms with E-state index in [-0.39, 0.29) is 25.8 Å². The van der Waals surface area contributed by atoms with E-state index in [1.54, 1.807) is 0 Å². The summed E-state index contributed by atoms with van der Waals surface area (Å²) >= 11 is 0. The molecule has 2 rings (SSSR count). The highest BCUT2D eigenvalue weighted by atomic mass is 32.3. The second-order valence-electron chi connectivity index (χ2n) is 4.67. The summed E-state index contributed by atoms with van der Waals surface area (Å²) in [6, 6.07) is -1.58. The second-order valence-corrected chi connectivity index (χ2v) is 7.57. The lowest BCUT2D eigenvalue weighted by Gasteiger charge is -2.35. The van der Waals surface area contributed by atoms with E-state index in [4.69, 9.17) is 4.55 Å². The fourth-order valence-electron chi connectivity index (χ4n) is 2.45. The zero-order valence-electron chi connectivity index (χ0n) is 10.8. The maximum absolute atomic E-state index is 12.0. The van der Waals surface area contributed by atoms with Gasteiger partial charge >= 0.3 is 16.4 Å². The number of hydrogen-bond acceptors (Lipinski definition) is 7. The summed E-state index contributed by atoms with van der Waals surface area (Å²) < 4.78 is 57.8. The molecular formula is C8H13N3O8S2. The molecule has 2 aliphatic heterocycles. The van der Waals surface area contributed by atoms with Gasteiger partial charge in [-0.25, -0.2) is 17.5 Å². The molecule has 2 fully saturated rings. The van der Waals surface area contributed by atoms with Gasteiger partial charge in [0, 0.05) is 6.54 Å². The third-order valence-electron chi connectivity index (χ3n) is 3.25. The zero-order valence-corrected chi connectivity index (χ0v) is 12.4. The summed E-state index contributed by atoms with van der Waals surface area (Å²) in [5, 5.41) is 0.473. The lowest BCUT2D eigenvalue weighted by molar-refractivity contribution is -0.117. The Morgan fingerprint density at radius 2 is 1.95 bits per heavy atom. The lowest BCUT2D eigenvalue weighted by atomic mass is 10.1. The molecule has 2 saturated heterocycles. The van der Waals surface area contributed by atoms with Gasteiger partial charge in [0.25, 0.3) is 0 Å². The first-order chi connectivity index (χ1) is 9.54. The molecule has 0 radical (unpaired) electrons. The molecule has 2 bridgehead atoms. The molecule has 1 N–H and O–H groups in total. The number of carbonyl (C=O) groups is 2. The summed E-state index contributed by atoms with van der Waals surface area (Å²) in [6.07, 6.45) is 0.215. The van der Waals surface area contributed by atoms with Gasteiger partial charge in [-0.05, 0) is 12.8 Å². The van der Waals surface area contributed by atoms with Gasteiger partial charge in [-0.15, -0.1) is 4.28 Å². The lowest BCUT2D eigenvalue weighted by Crippen LogP contribution is -2.52. The minimum absolute atomic E-state index is 0.0150. The van der Waals surface area contributed by atoms with Crippen LogP contribution in [-0.4, -0.2) is 73.1 Å². The summed E-state index contributed by atoms with van der Waals surface area (Å²) in [7, 11) is -8.74. The molecule has 0 unspecified atom stereocenters. The minimum atomic E-state index is -4.87. The van der Waals surface area contributed by atoms with Crippen LogP contribution in [0.3, 0.4) is 0 Å². The van der Waals surface area contributed by atoms with Crippen LogP contribution in [0.15, 0.2) is 0 Å². The van der Waals surface area contributed by atoms with E-state index in [0.29, 0.717) is 9.37 Å². The Labute approximate surface area is 121 Å². The fourth-order valence-corrected chi connectivity index (χ4v) is 3.65. The summed E-state index contributed by atoms with van der Waals surface area (Å²) in [6.45, 7) is -0.0150. The molecule has 0 aromatic rings. The molecule has 0 spiro atoms. The second kappa shape index (κ2) is 5.08. The Bertz CT molecular complexity index is 659. The molecule has 13 heteroatoms. The highest BCUT2D eigenvalue weighted by Crippen LogP contribution is 2.32. The van der Waals surface area contributed by atoms with Crippen molar-refractivity contribution in [2.75, 3.05) is 12.8 Å². The van der Waals surface area contributed by atoms with Crippen molar-refractivity contribution < 1.29 is 35.3 Å². The molecule has 3 amide bonds. The van der Waals surface area contributed by atoms with Crippen molar-refractivity contribution in [2.24, 2.45) is 0 Å². The third-order valence-corrected chi connectivity index (χ3v) is 4.69. The van der Waals surface area contributed by atoms with Crippen molar-refractivity contribution >= 4 is 32.9 Å². The van der Waals surface area contributed by atoms with Gasteiger partial charge in [0.1, 0.15) is 6.17 Å². The monoisotopic (exact) mass is 343 g/mol. The van der Waals surface area contributed by atoms with E-state index in [2.05, 4.69) is 4.28 Å². The van der Waals surface area contributed by atoms with Crippen LogP contribution in [0.1, 0.15) is 12.8 Å². The van der Waals surface area contributed by atoms with E-state index < -0.39 is 38.7 Å². The Morgan fingerprint density at radius 3 is 2.43 bits per heavy atom. The number of nitrogens with zero attached hydrogens (tertiary/aromatic N) is 3. The molecular weight excluding hydrogens is 330 g/mol. The van der Waals surface area contributed by atoms with E-state index in [1.807, 2.05) is 0 Å². The van der Waals surface area contributed by atoms with Crippen molar-refractivity contribution in [1.82, 2.24) is 14.3 Å². The molecule has 2 aliphatic rings. The van der Waals surface area contributed by atoms with Crippen LogP contribution in [0.5, 0.6) is 0 Å². The molecule has 0 aromatic carbocycles. The number of rotatable bonds is 5. The van der Waals surface area contributed by atoms with Gasteiger partial charge in [-0.3, -0.25) is 14.2 Å². The molecule has 0 aromatic heterocycles. The molecule has 21 heavy (non-hydrogen) atoms. The number of piperidine rings is 1. The number of hydroxylamine groups is 2. The molecule has 120 valence electrons. The third kappa shape index (κ3) is 3.09. The Hall–Kier alpha value is -1.44. The molecule has 2 heterocycles. The van der Waals surface area contributed by atoms with Crippen molar-refractivity contribution in [3.05, 3.63) is 0 Å². The molecule has 0 aliphatic carbocycles. The smallest absolute Gasteiger partial charge is 0.299 e. The number of urea groups is 1. The number of carbonyl (C=O) groups excluding carboxylic acids is 2. The SMILES string of the molecule is CS(=O)(=O)N(C=O)[C@H]1CC[C@@H]2CN1C(=O)N2OS(=O)(=O)O. The van der Waals surface area contributed by atoms with E-state index >= 15 is 0 Å². The van der Waals surface area contributed by atoms with Gasteiger partial charge in [0.05, 0.1) is 12.3 Å². The minimum Gasteiger partial charge on any atom is -0.299 e. The van der Waals surface area contributed by atoms with Crippen LogP contribution in [0.4, 0.5) is 4.79 Å². The number of amides is 3. The molecule has 11 nitrogen and oxygen atoms in total. The first-order valence-electron chi connectivity index (χ1n) is 5.75. The number of sulfonamides is 1. The van der Waals surface area contributed by atoms with Gasteiger partial charge in [-0.2, -0.15) is 13.5 Å². The fraction of sp³-hybridized carbons (Fsp3) is 0.750. The van der Waals surface area contributed by atoms with Crippen LogP contribution < -0.4 is 0 Å². The summed E-state index contributed by atoms with van der Waals surface area (Å²) in [5.74, 6) is 0. The van der Waals surface area contributed by atoms with Crippen molar-refractivity contribution in [3.8, 4) is 0 Å². The van der Waals surface area contributed by atoms with Crippen molar-refractivity contribution in [1.29, 1.82) is 0 Å². The topological polar surface area (TPSA) is 142 Å². The van der Waals surface area contributed by atoms with E-state index in [1.165, 1.54) is 0 Å². The maximum Gasteiger partial charge on any atom is 0.418 e. The predicted octanol–water partition coefficient (Wildman–Crippen LogP) is -1.64. The Morgan fingerprint density at radius 1 is 1.33 bits per heavy atom. The van der Waals surface area contributed by atoms with Crippen LogP contribution in [0.25, 0.3) is 0 Å². The number of fused-ring (bicyclic) bond motifs is 2. The van der Waals surface area contributed by atoms with Gasteiger partial charge in [0.2, 0.25) is 16.4 Å². The maximum atomic E-state index is 12.0. The van der Waals surface area contributed by atoms with Crippen molar-refractivity contribution in [2.45, 2.75) is 25.0 Å². The quantitative estimate of drug-likeness (QED) is 0.463. The van der Waals surface area contributed by atoms with Gasteiger partial charge in [-0.1, -0.05) is 0 Å². The van der Waals surface area contributed by atoms with Crippen LogP contribution in [0.2, 0.25) is 0 Å². The van der Waals surface area contributed by atoms with E-state index in [0.717, 1.165) is 11.2 Å². The van der Waals surface area contributed by atoms with Gasteiger partial charge < -0.3 is 0 Å². The van der Waals surface area contributed by atoms with Crippen LogP contribution in [0, 0.1) is 0 Å². The van der Waals surface area contributed by atoms with Gasteiger partial charge in [0.15, 0.2) is 0 Å². The van der Waals surface area contributed by atoms with Crippen molar-refractivity contribution in [3.63, 3.8) is 0 Å². The summed E-state index contributed by atoms with van der Waals surface area (Å²) in [5.41, 5.74) is 0. The molecule has 2 atom stereocenters. The van der Waals surface area contributed by atoms with Crippen LogP contribution >= 0.6 is 0 Å². The average Bonchev–Trinajstić information content (AvgIpc) is 2.55. The highest BCUT2D eigenvalue weighted by molar-refractivity contribution is 7.88. The first-order valence-corrected chi connectivity index (χ1v) is 8.96.